The third kappa shape index (κ3) is 3.79. The average molecular weight is 455 g/mol. The topological polar surface area (TPSA) is 65.9 Å². The SMILES string of the molecule is O=C(c1ccccc1Cl)N1CCC(C(=O)N2CCC(N3Cc4cccn4C3=O)CC2)CC1. The van der Waals surface area contributed by atoms with E-state index >= 15 is 0 Å². The minimum atomic E-state index is -0.0666. The van der Waals surface area contributed by atoms with Crippen LogP contribution in [0.5, 0.6) is 0 Å². The molecule has 5 rings (SSSR count). The molecule has 1 aromatic heterocycles. The van der Waals surface area contributed by atoms with Crippen molar-refractivity contribution in [3.63, 3.8) is 0 Å². The summed E-state index contributed by atoms with van der Waals surface area (Å²) in [6.07, 6.45) is 4.79. The number of piperidine rings is 2. The molecule has 0 atom stereocenters. The lowest BCUT2D eigenvalue weighted by molar-refractivity contribution is -0.138. The van der Waals surface area contributed by atoms with Crippen LogP contribution in [0.2, 0.25) is 5.02 Å². The number of hydrogen-bond acceptors (Lipinski definition) is 3. The summed E-state index contributed by atoms with van der Waals surface area (Å²) >= 11 is 6.17. The van der Waals surface area contributed by atoms with E-state index in [1.54, 1.807) is 21.6 Å². The number of amides is 3. The lowest BCUT2D eigenvalue weighted by Gasteiger charge is -2.39. The summed E-state index contributed by atoms with van der Waals surface area (Å²) < 4.78 is 1.72. The van der Waals surface area contributed by atoms with Crippen molar-refractivity contribution in [2.24, 2.45) is 5.92 Å². The molecule has 0 aliphatic carbocycles. The first-order valence-electron chi connectivity index (χ1n) is 11.3. The highest BCUT2D eigenvalue weighted by Gasteiger charge is 2.37. The van der Waals surface area contributed by atoms with Crippen LogP contribution in [0.4, 0.5) is 4.79 Å². The van der Waals surface area contributed by atoms with Gasteiger partial charge < -0.3 is 14.7 Å². The molecular formula is C24H27ClN4O3. The van der Waals surface area contributed by atoms with Gasteiger partial charge in [0, 0.05) is 50.0 Å². The number of carbonyl (C=O) groups is 3. The van der Waals surface area contributed by atoms with E-state index < -0.39 is 0 Å². The van der Waals surface area contributed by atoms with Crippen molar-refractivity contribution in [3.05, 3.63) is 58.9 Å². The van der Waals surface area contributed by atoms with E-state index in [-0.39, 0.29) is 29.8 Å². The summed E-state index contributed by atoms with van der Waals surface area (Å²) in [6, 6.07) is 11.2. The average Bonchev–Trinajstić information content (AvgIpc) is 3.42. The normalized spacial score (nSPS) is 20.0. The Morgan fingerprint density at radius 2 is 1.56 bits per heavy atom. The van der Waals surface area contributed by atoms with Gasteiger partial charge in [0.15, 0.2) is 0 Å². The van der Waals surface area contributed by atoms with Gasteiger partial charge in [0.1, 0.15) is 0 Å². The monoisotopic (exact) mass is 454 g/mol. The van der Waals surface area contributed by atoms with Gasteiger partial charge in [0.2, 0.25) is 5.91 Å². The standard InChI is InChI=1S/C24H27ClN4O3/c25-21-6-2-1-5-20(21)23(31)27-12-7-17(8-13-27)22(30)26-14-9-18(10-15-26)29-16-19-4-3-11-28(19)24(29)32/h1-6,11,17-18H,7-10,12-16H2. The number of fused-ring (bicyclic) bond motifs is 1. The zero-order valence-electron chi connectivity index (χ0n) is 18.0. The summed E-state index contributed by atoms with van der Waals surface area (Å²) in [5.74, 6) is 0.0754. The summed E-state index contributed by atoms with van der Waals surface area (Å²) in [7, 11) is 0. The molecule has 168 valence electrons. The molecule has 7 nitrogen and oxygen atoms in total. The Bertz CT molecular complexity index is 1040. The van der Waals surface area contributed by atoms with Crippen molar-refractivity contribution in [2.75, 3.05) is 26.2 Å². The Kier molecular flexibility index (Phi) is 5.67. The van der Waals surface area contributed by atoms with E-state index in [0.717, 1.165) is 18.5 Å². The van der Waals surface area contributed by atoms with E-state index in [1.807, 2.05) is 40.3 Å². The predicted molar refractivity (Wildman–Crippen MR) is 120 cm³/mol. The number of likely N-dealkylation sites (tertiary alicyclic amines) is 2. The molecular weight excluding hydrogens is 428 g/mol. The molecule has 32 heavy (non-hydrogen) atoms. The third-order valence-electron chi connectivity index (χ3n) is 7.07. The summed E-state index contributed by atoms with van der Waals surface area (Å²) in [5, 5.41) is 0.461. The maximum Gasteiger partial charge on any atom is 0.329 e. The van der Waals surface area contributed by atoms with Crippen molar-refractivity contribution in [1.29, 1.82) is 0 Å². The molecule has 2 saturated heterocycles. The van der Waals surface area contributed by atoms with Gasteiger partial charge >= 0.3 is 6.03 Å². The Labute approximate surface area is 192 Å². The largest absolute Gasteiger partial charge is 0.342 e. The molecule has 2 fully saturated rings. The molecule has 0 radical (unpaired) electrons. The van der Waals surface area contributed by atoms with Crippen molar-refractivity contribution in [2.45, 2.75) is 38.3 Å². The molecule has 1 aromatic carbocycles. The Hall–Kier alpha value is -2.80. The van der Waals surface area contributed by atoms with Crippen LogP contribution in [0.25, 0.3) is 0 Å². The van der Waals surface area contributed by atoms with Crippen molar-refractivity contribution >= 4 is 29.4 Å². The maximum atomic E-state index is 13.1. The number of nitrogens with zero attached hydrogens (tertiary/aromatic N) is 4. The number of carbonyl (C=O) groups excluding carboxylic acids is 3. The van der Waals surface area contributed by atoms with Crippen molar-refractivity contribution in [3.8, 4) is 0 Å². The van der Waals surface area contributed by atoms with Crippen molar-refractivity contribution < 1.29 is 14.4 Å². The Balaban J connectivity index is 1.12. The summed E-state index contributed by atoms with van der Waals surface area (Å²) in [4.78, 5) is 44.1. The highest BCUT2D eigenvalue weighted by Crippen LogP contribution is 2.28. The predicted octanol–water partition coefficient (Wildman–Crippen LogP) is 3.47. The van der Waals surface area contributed by atoms with Crippen LogP contribution in [0.1, 0.15) is 41.7 Å². The van der Waals surface area contributed by atoms with Gasteiger partial charge in [-0.25, -0.2) is 4.79 Å². The van der Waals surface area contributed by atoms with Gasteiger partial charge in [-0.15, -0.1) is 0 Å². The Morgan fingerprint density at radius 3 is 2.25 bits per heavy atom. The van der Waals surface area contributed by atoms with Crippen LogP contribution in [-0.4, -0.2) is 69.3 Å². The lowest BCUT2D eigenvalue weighted by atomic mass is 9.93. The molecule has 4 heterocycles. The van der Waals surface area contributed by atoms with Crippen LogP contribution in [-0.2, 0) is 11.3 Å². The van der Waals surface area contributed by atoms with Gasteiger partial charge in [0.05, 0.1) is 17.1 Å². The van der Waals surface area contributed by atoms with E-state index in [9.17, 15) is 14.4 Å². The quantitative estimate of drug-likeness (QED) is 0.713. The zero-order chi connectivity index (χ0) is 22.2. The molecule has 0 N–H and O–H groups in total. The molecule has 3 aliphatic rings. The van der Waals surface area contributed by atoms with Crippen LogP contribution in [0.15, 0.2) is 42.6 Å². The summed E-state index contributed by atoms with van der Waals surface area (Å²) in [5.41, 5.74) is 1.55. The minimum absolute atomic E-state index is 0.0453. The first-order chi connectivity index (χ1) is 15.5. The first kappa shape index (κ1) is 21.1. The van der Waals surface area contributed by atoms with Crippen LogP contribution in [0.3, 0.4) is 0 Å². The molecule has 2 aromatic rings. The third-order valence-corrected chi connectivity index (χ3v) is 7.40. The van der Waals surface area contributed by atoms with Crippen molar-refractivity contribution in [1.82, 2.24) is 19.3 Å². The van der Waals surface area contributed by atoms with Gasteiger partial charge in [0.25, 0.3) is 5.91 Å². The van der Waals surface area contributed by atoms with E-state index in [4.69, 9.17) is 11.6 Å². The van der Waals surface area contributed by atoms with E-state index in [1.165, 1.54) is 0 Å². The molecule has 3 amide bonds. The molecule has 0 saturated carbocycles. The number of benzene rings is 1. The maximum absolute atomic E-state index is 13.1. The van der Waals surface area contributed by atoms with E-state index in [2.05, 4.69) is 0 Å². The number of halogens is 1. The van der Waals surface area contributed by atoms with Crippen LogP contribution >= 0.6 is 11.6 Å². The fraction of sp³-hybridized carbons (Fsp3) is 0.458. The molecule has 3 aliphatic heterocycles. The van der Waals surface area contributed by atoms with E-state index in [0.29, 0.717) is 56.2 Å². The second-order valence-electron chi connectivity index (χ2n) is 8.88. The number of hydrogen-bond donors (Lipinski definition) is 0. The van der Waals surface area contributed by atoms with Crippen LogP contribution in [0, 0.1) is 5.92 Å². The number of aromatic nitrogens is 1. The van der Waals surface area contributed by atoms with Gasteiger partial charge in [-0.3, -0.25) is 14.2 Å². The molecule has 8 heteroatoms. The second kappa shape index (κ2) is 8.62. The molecule has 0 unspecified atom stereocenters. The summed E-state index contributed by atoms with van der Waals surface area (Å²) in [6.45, 7) is 3.15. The fourth-order valence-corrected chi connectivity index (χ4v) is 5.40. The highest BCUT2D eigenvalue weighted by atomic mass is 35.5. The second-order valence-corrected chi connectivity index (χ2v) is 9.29. The van der Waals surface area contributed by atoms with Crippen LogP contribution < -0.4 is 0 Å². The zero-order valence-corrected chi connectivity index (χ0v) is 18.7. The first-order valence-corrected chi connectivity index (χ1v) is 11.7. The molecule has 0 spiro atoms. The highest BCUT2D eigenvalue weighted by molar-refractivity contribution is 6.33. The van der Waals surface area contributed by atoms with Gasteiger partial charge in [-0.2, -0.15) is 0 Å². The number of rotatable bonds is 3. The minimum Gasteiger partial charge on any atom is -0.342 e. The molecule has 0 bridgehead atoms. The lowest BCUT2D eigenvalue weighted by Crippen LogP contribution is -2.50. The van der Waals surface area contributed by atoms with Gasteiger partial charge in [-0.05, 0) is 49.9 Å². The fourth-order valence-electron chi connectivity index (χ4n) is 5.19. The Morgan fingerprint density at radius 1 is 0.875 bits per heavy atom. The van der Waals surface area contributed by atoms with Gasteiger partial charge in [-0.1, -0.05) is 23.7 Å². The smallest absolute Gasteiger partial charge is 0.329 e.